The number of ether oxygens (including phenoxy) is 2. The number of hydrogen-bond acceptors (Lipinski definition) is 6. The van der Waals surface area contributed by atoms with Gasteiger partial charge in [0.1, 0.15) is 5.76 Å². The largest absolute Gasteiger partial charge is 0.468 e. The van der Waals surface area contributed by atoms with Crippen molar-refractivity contribution in [1.29, 1.82) is 0 Å². The monoisotopic (exact) mass is 482 g/mol. The molecule has 178 valence electrons. The van der Waals surface area contributed by atoms with Gasteiger partial charge in [-0.15, -0.1) is 0 Å². The molecular formula is C25H26N2O6S. The van der Waals surface area contributed by atoms with Crippen molar-refractivity contribution in [2.45, 2.75) is 49.3 Å². The Morgan fingerprint density at radius 3 is 2.44 bits per heavy atom. The molecule has 8 nitrogen and oxygen atoms in total. The Morgan fingerprint density at radius 1 is 0.941 bits per heavy atom. The molecule has 1 aliphatic heterocycles. The quantitative estimate of drug-likeness (QED) is 0.531. The van der Waals surface area contributed by atoms with Gasteiger partial charge in [-0.25, -0.2) is 8.42 Å². The highest BCUT2D eigenvalue weighted by Gasteiger charge is 2.42. The molecule has 5 rings (SSSR count). The van der Waals surface area contributed by atoms with E-state index in [0.29, 0.717) is 22.9 Å². The van der Waals surface area contributed by atoms with Crippen molar-refractivity contribution in [2.24, 2.45) is 0 Å². The molecular weight excluding hydrogens is 456 g/mol. The number of nitrogens with one attached hydrogen (secondary N) is 1. The highest BCUT2D eigenvalue weighted by molar-refractivity contribution is 7.89. The first kappa shape index (κ1) is 22.5. The number of carbonyl (C=O) groups excluding carboxylic acids is 1. The Balaban J connectivity index is 1.31. The van der Waals surface area contributed by atoms with Crippen LogP contribution >= 0.6 is 0 Å². The lowest BCUT2D eigenvalue weighted by Gasteiger charge is -2.31. The van der Waals surface area contributed by atoms with Gasteiger partial charge in [0, 0.05) is 24.6 Å². The smallest absolute Gasteiger partial charge is 0.251 e. The van der Waals surface area contributed by atoms with Gasteiger partial charge >= 0.3 is 0 Å². The molecule has 1 fully saturated rings. The highest BCUT2D eigenvalue weighted by Crippen LogP contribution is 2.46. The molecule has 3 aromatic rings. The summed E-state index contributed by atoms with van der Waals surface area (Å²) >= 11 is 0. The lowest BCUT2D eigenvalue weighted by atomic mass is 9.94. The molecule has 1 N–H and O–H groups in total. The molecule has 34 heavy (non-hydrogen) atoms. The van der Waals surface area contributed by atoms with Gasteiger partial charge in [-0.1, -0.05) is 24.6 Å². The van der Waals surface area contributed by atoms with Crippen molar-refractivity contribution in [3.63, 3.8) is 0 Å². The van der Waals surface area contributed by atoms with Crippen LogP contribution in [0, 0.1) is 0 Å². The second kappa shape index (κ2) is 9.15. The van der Waals surface area contributed by atoms with E-state index in [4.69, 9.17) is 13.9 Å². The summed E-state index contributed by atoms with van der Waals surface area (Å²) < 4.78 is 45.1. The summed E-state index contributed by atoms with van der Waals surface area (Å²) in [4.78, 5) is 13.0. The molecule has 2 aromatic carbocycles. The Morgan fingerprint density at radius 2 is 1.71 bits per heavy atom. The average molecular weight is 483 g/mol. The predicted molar refractivity (Wildman–Crippen MR) is 125 cm³/mol. The van der Waals surface area contributed by atoms with Gasteiger partial charge in [-0.2, -0.15) is 4.31 Å². The molecule has 1 amide bonds. The van der Waals surface area contributed by atoms with E-state index in [0.717, 1.165) is 30.0 Å². The van der Waals surface area contributed by atoms with Gasteiger partial charge in [0.05, 0.1) is 24.2 Å². The number of sulfonamides is 1. The Labute approximate surface area is 198 Å². The second-order valence-corrected chi connectivity index (χ2v) is 10.5. The number of benzene rings is 2. The van der Waals surface area contributed by atoms with Gasteiger partial charge in [0.25, 0.3) is 5.79 Å². The van der Waals surface area contributed by atoms with Crippen molar-refractivity contribution in [2.75, 3.05) is 11.9 Å². The van der Waals surface area contributed by atoms with E-state index in [9.17, 15) is 13.2 Å². The maximum absolute atomic E-state index is 13.2. The van der Waals surface area contributed by atoms with Crippen LogP contribution < -0.4 is 14.8 Å². The summed E-state index contributed by atoms with van der Waals surface area (Å²) in [6, 6.07) is 16.6. The molecule has 1 saturated carbocycles. The molecule has 0 bridgehead atoms. The van der Waals surface area contributed by atoms with E-state index >= 15 is 0 Å². The first-order valence-corrected chi connectivity index (χ1v) is 12.8. The third-order valence-electron chi connectivity index (χ3n) is 6.05. The maximum Gasteiger partial charge on any atom is 0.251 e. The van der Waals surface area contributed by atoms with E-state index in [1.807, 2.05) is 0 Å². The number of amides is 1. The SMILES string of the molecule is O=C(CN(Cc1ccco1)S(=O)(=O)c1ccccc1)Nc1ccc2c(c1)OC1(CCCCC1)O2. The van der Waals surface area contributed by atoms with Crippen LogP contribution in [0.1, 0.15) is 37.9 Å². The Kier molecular flexibility index (Phi) is 6.05. The fraction of sp³-hybridized carbons (Fsp3) is 0.320. The van der Waals surface area contributed by atoms with E-state index in [1.165, 1.54) is 24.8 Å². The lowest BCUT2D eigenvalue weighted by molar-refractivity contribution is -0.116. The zero-order valence-electron chi connectivity index (χ0n) is 18.6. The minimum absolute atomic E-state index is 0.0681. The van der Waals surface area contributed by atoms with Gasteiger partial charge < -0.3 is 19.2 Å². The molecule has 9 heteroatoms. The molecule has 0 radical (unpaired) electrons. The molecule has 1 spiro atoms. The van der Waals surface area contributed by atoms with E-state index in [2.05, 4.69) is 5.32 Å². The van der Waals surface area contributed by atoms with Crippen LogP contribution in [0.25, 0.3) is 0 Å². The topological polar surface area (TPSA) is 98.1 Å². The van der Waals surface area contributed by atoms with Crippen molar-refractivity contribution in [3.8, 4) is 11.5 Å². The maximum atomic E-state index is 13.2. The Hall–Kier alpha value is -3.30. The molecule has 2 heterocycles. The molecule has 0 saturated heterocycles. The predicted octanol–water partition coefficient (Wildman–Crippen LogP) is 4.54. The second-order valence-electron chi connectivity index (χ2n) is 8.55. The summed E-state index contributed by atoms with van der Waals surface area (Å²) in [5, 5.41) is 2.79. The molecule has 0 unspecified atom stereocenters. The van der Waals surface area contributed by atoms with Crippen LogP contribution in [0.2, 0.25) is 0 Å². The van der Waals surface area contributed by atoms with Crippen LogP contribution in [0.15, 0.2) is 76.2 Å². The summed E-state index contributed by atoms with van der Waals surface area (Å²) in [5.41, 5.74) is 0.510. The fourth-order valence-electron chi connectivity index (χ4n) is 4.37. The highest BCUT2D eigenvalue weighted by atomic mass is 32.2. The van der Waals surface area contributed by atoms with Crippen LogP contribution in [-0.4, -0.2) is 31.0 Å². The zero-order chi connectivity index (χ0) is 23.6. The first-order chi connectivity index (χ1) is 16.4. The number of furan rings is 1. The summed E-state index contributed by atoms with van der Waals surface area (Å²) in [5.74, 6) is 0.604. The number of fused-ring (bicyclic) bond motifs is 1. The number of hydrogen-bond donors (Lipinski definition) is 1. The Bertz CT molecular complexity index is 1250. The third-order valence-corrected chi connectivity index (χ3v) is 7.85. The number of anilines is 1. The van der Waals surface area contributed by atoms with Gasteiger partial charge in [0.2, 0.25) is 15.9 Å². The number of carbonyl (C=O) groups is 1. The normalized spacial score (nSPS) is 16.6. The van der Waals surface area contributed by atoms with Crippen molar-refractivity contribution < 1.29 is 27.1 Å². The number of nitrogens with zero attached hydrogens (tertiary/aromatic N) is 1. The van der Waals surface area contributed by atoms with E-state index in [1.54, 1.807) is 48.5 Å². The van der Waals surface area contributed by atoms with Crippen LogP contribution in [-0.2, 0) is 21.4 Å². The summed E-state index contributed by atoms with van der Waals surface area (Å²) in [6.07, 6.45) is 6.42. The lowest BCUT2D eigenvalue weighted by Crippen LogP contribution is -2.40. The summed E-state index contributed by atoms with van der Waals surface area (Å²) in [6.45, 7) is -0.447. The van der Waals surface area contributed by atoms with Crippen LogP contribution in [0.3, 0.4) is 0 Å². The zero-order valence-corrected chi connectivity index (χ0v) is 19.4. The van der Waals surface area contributed by atoms with Crippen LogP contribution in [0.4, 0.5) is 5.69 Å². The van der Waals surface area contributed by atoms with Crippen molar-refractivity contribution >= 4 is 21.6 Å². The van der Waals surface area contributed by atoms with Gasteiger partial charge in [-0.05, 0) is 49.2 Å². The molecule has 0 atom stereocenters. The van der Waals surface area contributed by atoms with E-state index in [-0.39, 0.29) is 18.0 Å². The van der Waals surface area contributed by atoms with Gasteiger partial charge in [-0.3, -0.25) is 4.79 Å². The standard InChI is InChI=1S/C25H26N2O6S/c28-24(26-19-11-12-22-23(16-19)33-25(32-22)13-5-2-6-14-25)18-27(17-20-8-7-15-31-20)34(29,30)21-9-3-1-4-10-21/h1,3-4,7-12,15-16H,2,5-6,13-14,17-18H2,(H,26,28). The van der Waals surface area contributed by atoms with Gasteiger partial charge in [0.15, 0.2) is 11.5 Å². The van der Waals surface area contributed by atoms with Crippen molar-refractivity contribution in [3.05, 3.63) is 72.7 Å². The molecule has 1 aliphatic carbocycles. The first-order valence-electron chi connectivity index (χ1n) is 11.3. The minimum atomic E-state index is -3.92. The third kappa shape index (κ3) is 4.67. The number of rotatable bonds is 7. The molecule has 2 aliphatic rings. The molecule has 1 aromatic heterocycles. The summed E-state index contributed by atoms with van der Waals surface area (Å²) in [7, 11) is -3.92. The minimum Gasteiger partial charge on any atom is -0.468 e. The van der Waals surface area contributed by atoms with Crippen LogP contribution in [0.5, 0.6) is 11.5 Å². The average Bonchev–Trinajstić information content (AvgIpc) is 3.47. The van der Waals surface area contributed by atoms with Crippen molar-refractivity contribution in [1.82, 2.24) is 4.31 Å². The van der Waals surface area contributed by atoms with E-state index < -0.39 is 21.7 Å². The fourth-order valence-corrected chi connectivity index (χ4v) is 5.75.